The summed E-state index contributed by atoms with van der Waals surface area (Å²) in [7, 11) is 0. The van der Waals surface area contributed by atoms with Gasteiger partial charge < -0.3 is 10.1 Å². The van der Waals surface area contributed by atoms with Crippen LogP contribution in [0.1, 0.15) is 28.4 Å². The molecule has 0 unspecified atom stereocenters. The van der Waals surface area contributed by atoms with Crippen molar-refractivity contribution in [2.45, 2.75) is 6.92 Å². The maximum Gasteiger partial charge on any atom is 0.340 e. The summed E-state index contributed by atoms with van der Waals surface area (Å²) in [6, 6.07) is 8.04. The number of fused-ring (bicyclic) bond motifs is 3. The Kier molecular flexibility index (Phi) is 3.96. The molecule has 3 aromatic rings. The second-order valence-electron chi connectivity index (χ2n) is 5.64. The number of aromatic nitrogens is 2. The third kappa shape index (κ3) is 2.54. The number of H-pyrrole nitrogens is 1. The number of ether oxygens (including phenoxy) is 1. The van der Waals surface area contributed by atoms with E-state index >= 15 is 0 Å². The molecule has 0 saturated carbocycles. The van der Waals surface area contributed by atoms with Crippen molar-refractivity contribution >= 4 is 28.3 Å². The molecule has 0 atom stereocenters. The van der Waals surface area contributed by atoms with Crippen LogP contribution in [0.5, 0.6) is 0 Å². The summed E-state index contributed by atoms with van der Waals surface area (Å²) in [6.45, 7) is 1.99. The van der Waals surface area contributed by atoms with Gasteiger partial charge in [-0.3, -0.25) is 10.1 Å². The van der Waals surface area contributed by atoms with Crippen molar-refractivity contribution in [1.82, 2.24) is 10.2 Å². The quantitative estimate of drug-likeness (QED) is 0.707. The highest BCUT2D eigenvalue weighted by molar-refractivity contribution is 6.22. The SMILES string of the molecule is CCOC(=O)c1cc2c(c3cn[nH]c13)NC=CN=C2c1ccccc1F. The Bertz CT molecular complexity index is 1070. The van der Waals surface area contributed by atoms with Gasteiger partial charge in [-0.05, 0) is 25.1 Å². The van der Waals surface area contributed by atoms with Crippen LogP contribution in [0.2, 0.25) is 0 Å². The molecule has 26 heavy (non-hydrogen) atoms. The lowest BCUT2D eigenvalue weighted by Gasteiger charge is -2.14. The molecule has 0 aliphatic carbocycles. The van der Waals surface area contributed by atoms with E-state index < -0.39 is 11.8 Å². The molecule has 0 saturated heterocycles. The van der Waals surface area contributed by atoms with E-state index in [9.17, 15) is 9.18 Å². The zero-order chi connectivity index (χ0) is 18.1. The van der Waals surface area contributed by atoms with Crippen molar-refractivity contribution < 1.29 is 13.9 Å². The van der Waals surface area contributed by atoms with Gasteiger partial charge in [-0.25, -0.2) is 9.18 Å². The van der Waals surface area contributed by atoms with Crippen LogP contribution in [0.25, 0.3) is 10.9 Å². The molecule has 0 fully saturated rings. The van der Waals surface area contributed by atoms with Crippen LogP contribution in [-0.4, -0.2) is 28.5 Å². The molecule has 0 bridgehead atoms. The molecular weight excluding hydrogens is 335 g/mol. The first kappa shape index (κ1) is 16.0. The van der Waals surface area contributed by atoms with E-state index in [4.69, 9.17) is 4.74 Å². The van der Waals surface area contributed by atoms with Crippen LogP contribution in [-0.2, 0) is 4.74 Å². The zero-order valence-electron chi connectivity index (χ0n) is 13.9. The van der Waals surface area contributed by atoms with Crippen LogP contribution in [0.4, 0.5) is 10.1 Å². The number of hydrogen-bond donors (Lipinski definition) is 2. The highest BCUT2D eigenvalue weighted by Crippen LogP contribution is 2.33. The van der Waals surface area contributed by atoms with Gasteiger partial charge in [0, 0.05) is 28.9 Å². The van der Waals surface area contributed by atoms with E-state index in [-0.39, 0.29) is 6.61 Å². The van der Waals surface area contributed by atoms with Crippen LogP contribution in [0.15, 0.2) is 53.9 Å². The van der Waals surface area contributed by atoms with Crippen molar-refractivity contribution in [3.8, 4) is 0 Å². The smallest absolute Gasteiger partial charge is 0.340 e. The van der Waals surface area contributed by atoms with Gasteiger partial charge in [-0.1, -0.05) is 12.1 Å². The number of halogens is 1. The lowest BCUT2D eigenvalue weighted by Crippen LogP contribution is -2.12. The van der Waals surface area contributed by atoms with Crippen LogP contribution in [0, 0.1) is 5.82 Å². The van der Waals surface area contributed by atoms with Gasteiger partial charge in [-0.15, -0.1) is 0 Å². The number of anilines is 1. The maximum absolute atomic E-state index is 14.4. The van der Waals surface area contributed by atoms with E-state index in [0.717, 1.165) is 0 Å². The number of hydrogen-bond acceptors (Lipinski definition) is 5. The first-order valence-corrected chi connectivity index (χ1v) is 8.12. The van der Waals surface area contributed by atoms with Gasteiger partial charge in [-0.2, -0.15) is 5.10 Å². The predicted molar refractivity (Wildman–Crippen MR) is 96.9 cm³/mol. The molecule has 4 rings (SSSR count). The van der Waals surface area contributed by atoms with E-state index in [0.29, 0.717) is 39.0 Å². The Balaban J connectivity index is 2.00. The molecule has 2 N–H and O–H groups in total. The molecule has 2 heterocycles. The summed E-state index contributed by atoms with van der Waals surface area (Å²) >= 11 is 0. The monoisotopic (exact) mass is 350 g/mol. The highest BCUT2D eigenvalue weighted by Gasteiger charge is 2.24. The number of benzene rings is 2. The van der Waals surface area contributed by atoms with E-state index in [2.05, 4.69) is 20.5 Å². The number of rotatable bonds is 3. The van der Waals surface area contributed by atoms with E-state index in [1.165, 1.54) is 6.07 Å². The first-order chi connectivity index (χ1) is 12.7. The summed E-state index contributed by atoms with van der Waals surface area (Å²) in [5.41, 5.74) is 2.94. The van der Waals surface area contributed by atoms with E-state index in [1.54, 1.807) is 49.8 Å². The Hall–Kier alpha value is -3.48. The lowest BCUT2D eigenvalue weighted by atomic mass is 9.95. The molecule has 1 aliphatic rings. The molecule has 2 aromatic carbocycles. The fourth-order valence-corrected chi connectivity index (χ4v) is 3.00. The second kappa shape index (κ2) is 6.44. The number of esters is 1. The Morgan fingerprint density at radius 3 is 2.92 bits per heavy atom. The summed E-state index contributed by atoms with van der Waals surface area (Å²) in [6.07, 6.45) is 4.82. The lowest BCUT2D eigenvalue weighted by molar-refractivity contribution is 0.0528. The molecule has 0 spiro atoms. The third-order valence-electron chi connectivity index (χ3n) is 4.12. The topological polar surface area (TPSA) is 79.4 Å². The van der Waals surface area contributed by atoms with Gasteiger partial charge in [0.05, 0.1) is 35.3 Å². The van der Waals surface area contributed by atoms with E-state index in [1.807, 2.05) is 0 Å². The summed E-state index contributed by atoms with van der Waals surface area (Å²) in [4.78, 5) is 16.8. The number of aromatic amines is 1. The normalized spacial score (nSPS) is 12.9. The maximum atomic E-state index is 14.4. The highest BCUT2D eigenvalue weighted by atomic mass is 19.1. The minimum absolute atomic E-state index is 0.250. The number of nitrogens with one attached hydrogen (secondary N) is 2. The van der Waals surface area contributed by atoms with Crippen molar-refractivity contribution in [3.63, 3.8) is 0 Å². The van der Waals surface area contributed by atoms with Gasteiger partial charge in [0.25, 0.3) is 0 Å². The van der Waals surface area contributed by atoms with Crippen molar-refractivity contribution in [2.24, 2.45) is 4.99 Å². The van der Waals surface area contributed by atoms with Gasteiger partial charge in [0.2, 0.25) is 0 Å². The van der Waals surface area contributed by atoms with Crippen molar-refractivity contribution in [3.05, 3.63) is 71.4 Å². The van der Waals surface area contributed by atoms with Gasteiger partial charge >= 0.3 is 5.97 Å². The standard InChI is InChI=1S/C19H15FN4O2/c1-2-26-19(25)13-9-12-16(11-5-3-4-6-15(11)20)21-7-8-22-17(12)14-10-23-24-18(13)14/h3-10,22H,2H2,1H3,(H,23,24). The van der Waals surface area contributed by atoms with Crippen molar-refractivity contribution in [1.29, 1.82) is 0 Å². The van der Waals surface area contributed by atoms with Crippen LogP contribution < -0.4 is 5.32 Å². The molecule has 1 aliphatic heterocycles. The van der Waals surface area contributed by atoms with Gasteiger partial charge in [0.15, 0.2) is 0 Å². The first-order valence-electron chi connectivity index (χ1n) is 8.12. The zero-order valence-corrected chi connectivity index (χ0v) is 13.9. The molecule has 7 heteroatoms. The fourth-order valence-electron chi connectivity index (χ4n) is 3.00. The number of carbonyl (C=O) groups is 1. The number of aliphatic imine (C=N–C) groups is 1. The molecule has 6 nitrogen and oxygen atoms in total. The van der Waals surface area contributed by atoms with Gasteiger partial charge in [0.1, 0.15) is 5.82 Å². The fraction of sp³-hybridized carbons (Fsp3) is 0.105. The Labute approximate surface area is 148 Å². The Morgan fingerprint density at radius 2 is 2.12 bits per heavy atom. The average Bonchev–Trinajstić information content (AvgIpc) is 3.03. The van der Waals surface area contributed by atoms with Crippen LogP contribution in [0.3, 0.4) is 0 Å². The van der Waals surface area contributed by atoms with Crippen LogP contribution >= 0.6 is 0 Å². The second-order valence-corrected chi connectivity index (χ2v) is 5.64. The molecule has 1 aromatic heterocycles. The van der Waals surface area contributed by atoms with Crippen molar-refractivity contribution in [2.75, 3.05) is 11.9 Å². The summed E-state index contributed by atoms with van der Waals surface area (Å²) < 4.78 is 19.6. The number of carbonyl (C=O) groups excluding carboxylic acids is 1. The largest absolute Gasteiger partial charge is 0.462 e. The Morgan fingerprint density at radius 1 is 1.27 bits per heavy atom. The number of nitrogens with zero attached hydrogens (tertiary/aromatic N) is 2. The minimum Gasteiger partial charge on any atom is -0.462 e. The molecule has 0 amide bonds. The predicted octanol–water partition coefficient (Wildman–Crippen LogP) is 3.61. The minimum atomic E-state index is -0.477. The molecule has 0 radical (unpaired) electrons. The average molecular weight is 350 g/mol. The third-order valence-corrected chi connectivity index (χ3v) is 4.12. The molecular formula is C19H15FN4O2. The summed E-state index contributed by atoms with van der Waals surface area (Å²) in [5.74, 6) is -0.868. The summed E-state index contributed by atoms with van der Waals surface area (Å²) in [5, 5.41) is 10.7. The molecule has 130 valence electrons.